The normalized spacial score (nSPS) is 12.3. The van der Waals surface area contributed by atoms with E-state index in [-0.39, 0.29) is 30.2 Å². The second kappa shape index (κ2) is 6.84. The van der Waals surface area contributed by atoms with E-state index in [2.05, 4.69) is 15.4 Å². The third-order valence-corrected chi connectivity index (χ3v) is 4.05. The van der Waals surface area contributed by atoms with E-state index in [0.29, 0.717) is 16.6 Å². The van der Waals surface area contributed by atoms with Crippen molar-refractivity contribution >= 4 is 16.9 Å². The third-order valence-electron chi connectivity index (χ3n) is 4.05. The Morgan fingerprint density at radius 2 is 2.12 bits per heavy atom. The number of benzene rings is 1. The van der Waals surface area contributed by atoms with Crippen molar-refractivity contribution < 1.29 is 9.18 Å². The molecule has 0 aliphatic heterocycles. The maximum atomic E-state index is 13.7. The minimum absolute atomic E-state index is 0.0894. The summed E-state index contributed by atoms with van der Waals surface area (Å²) >= 11 is 0. The SMILES string of the molecule is C[C@@H](NC(=O)CCn1cnc2c(cnn2C)c1=O)c1ccccc1F. The van der Waals surface area contributed by atoms with Crippen LogP contribution >= 0.6 is 0 Å². The van der Waals surface area contributed by atoms with Crippen molar-refractivity contribution in [2.24, 2.45) is 7.05 Å². The lowest BCUT2D eigenvalue weighted by Crippen LogP contribution is -2.29. The zero-order valence-electron chi connectivity index (χ0n) is 13.9. The summed E-state index contributed by atoms with van der Waals surface area (Å²) < 4.78 is 16.6. The van der Waals surface area contributed by atoms with Gasteiger partial charge in [0.15, 0.2) is 5.65 Å². The molecule has 1 aromatic carbocycles. The summed E-state index contributed by atoms with van der Waals surface area (Å²) in [5.74, 6) is -0.633. The molecule has 8 heteroatoms. The zero-order valence-corrected chi connectivity index (χ0v) is 13.9. The second-order valence-electron chi connectivity index (χ2n) is 5.81. The van der Waals surface area contributed by atoms with Crippen molar-refractivity contribution in [1.29, 1.82) is 0 Å². The number of nitrogens with zero attached hydrogens (tertiary/aromatic N) is 4. The molecule has 0 aliphatic carbocycles. The maximum Gasteiger partial charge on any atom is 0.264 e. The van der Waals surface area contributed by atoms with Gasteiger partial charge in [-0.1, -0.05) is 18.2 Å². The molecule has 2 aromatic heterocycles. The lowest BCUT2D eigenvalue weighted by atomic mass is 10.1. The predicted molar refractivity (Wildman–Crippen MR) is 90.3 cm³/mol. The summed E-state index contributed by atoms with van der Waals surface area (Å²) in [5.41, 5.74) is 0.679. The molecular weight excluding hydrogens is 325 g/mol. The van der Waals surface area contributed by atoms with Gasteiger partial charge in [-0.15, -0.1) is 0 Å². The van der Waals surface area contributed by atoms with Gasteiger partial charge in [0.1, 0.15) is 11.2 Å². The van der Waals surface area contributed by atoms with E-state index in [1.165, 1.54) is 27.8 Å². The highest BCUT2D eigenvalue weighted by molar-refractivity contribution is 5.76. The van der Waals surface area contributed by atoms with Crippen LogP contribution in [0, 0.1) is 5.82 Å². The standard InChI is InChI=1S/C17H18FN5O2/c1-11(12-5-3-4-6-14(12)18)21-15(24)7-8-23-10-19-16-13(17(23)25)9-20-22(16)2/h3-6,9-11H,7-8H2,1-2H3,(H,21,24)/t11-/m1/s1. The predicted octanol–water partition coefficient (Wildman–Crippen LogP) is 1.54. The Labute approximate surface area is 143 Å². The molecule has 0 saturated heterocycles. The molecule has 1 amide bonds. The summed E-state index contributed by atoms with van der Waals surface area (Å²) in [6.45, 7) is 1.90. The van der Waals surface area contributed by atoms with Crippen LogP contribution in [0.15, 0.2) is 41.6 Å². The molecule has 7 nitrogen and oxygen atoms in total. The van der Waals surface area contributed by atoms with Crippen LogP contribution in [-0.4, -0.2) is 25.2 Å². The van der Waals surface area contributed by atoms with Crippen molar-refractivity contribution in [1.82, 2.24) is 24.6 Å². The molecule has 0 saturated carbocycles. The van der Waals surface area contributed by atoms with Crippen LogP contribution in [-0.2, 0) is 18.4 Å². The second-order valence-corrected chi connectivity index (χ2v) is 5.81. The highest BCUT2D eigenvalue weighted by Gasteiger charge is 2.14. The molecular formula is C17H18FN5O2. The van der Waals surface area contributed by atoms with Gasteiger partial charge in [0.25, 0.3) is 5.56 Å². The molecule has 3 rings (SSSR count). The van der Waals surface area contributed by atoms with Crippen LogP contribution in [0.3, 0.4) is 0 Å². The monoisotopic (exact) mass is 343 g/mol. The molecule has 0 bridgehead atoms. The van der Waals surface area contributed by atoms with Crippen molar-refractivity contribution in [3.05, 3.63) is 58.5 Å². The average Bonchev–Trinajstić information content (AvgIpc) is 2.96. The number of aryl methyl sites for hydroxylation is 2. The van der Waals surface area contributed by atoms with Crippen molar-refractivity contribution in [3.63, 3.8) is 0 Å². The number of aromatic nitrogens is 4. The van der Waals surface area contributed by atoms with Gasteiger partial charge < -0.3 is 5.32 Å². The number of hydrogen-bond donors (Lipinski definition) is 1. The van der Waals surface area contributed by atoms with Gasteiger partial charge in [0.2, 0.25) is 5.91 Å². The summed E-state index contributed by atoms with van der Waals surface area (Å²) in [5, 5.41) is 7.14. The Balaban J connectivity index is 1.66. The number of carbonyl (C=O) groups excluding carboxylic acids is 1. The van der Waals surface area contributed by atoms with Crippen LogP contribution < -0.4 is 10.9 Å². The highest BCUT2D eigenvalue weighted by Crippen LogP contribution is 2.16. The number of rotatable bonds is 5. The Morgan fingerprint density at radius 1 is 1.36 bits per heavy atom. The summed E-state index contributed by atoms with van der Waals surface area (Å²) in [7, 11) is 1.71. The van der Waals surface area contributed by atoms with E-state index in [4.69, 9.17) is 0 Å². The quantitative estimate of drug-likeness (QED) is 0.762. The molecule has 0 fully saturated rings. The van der Waals surface area contributed by atoms with Crippen LogP contribution in [0.4, 0.5) is 4.39 Å². The van der Waals surface area contributed by atoms with Crippen LogP contribution in [0.2, 0.25) is 0 Å². The lowest BCUT2D eigenvalue weighted by Gasteiger charge is -2.15. The van der Waals surface area contributed by atoms with E-state index < -0.39 is 6.04 Å². The molecule has 0 aliphatic rings. The fraction of sp³-hybridized carbons (Fsp3) is 0.294. The van der Waals surface area contributed by atoms with Crippen molar-refractivity contribution in [3.8, 4) is 0 Å². The fourth-order valence-electron chi connectivity index (χ4n) is 2.67. The van der Waals surface area contributed by atoms with Crippen LogP contribution in [0.1, 0.15) is 24.9 Å². The number of carbonyl (C=O) groups is 1. The topological polar surface area (TPSA) is 81.8 Å². The average molecular weight is 343 g/mol. The lowest BCUT2D eigenvalue weighted by molar-refractivity contribution is -0.122. The van der Waals surface area contributed by atoms with Gasteiger partial charge in [0.05, 0.1) is 18.6 Å². The molecule has 0 spiro atoms. The molecule has 130 valence electrons. The molecule has 1 N–H and O–H groups in total. The molecule has 3 aromatic rings. The van der Waals surface area contributed by atoms with Gasteiger partial charge >= 0.3 is 0 Å². The number of hydrogen-bond acceptors (Lipinski definition) is 4. The van der Waals surface area contributed by atoms with E-state index in [0.717, 1.165) is 0 Å². The smallest absolute Gasteiger partial charge is 0.264 e. The van der Waals surface area contributed by atoms with Crippen LogP contribution in [0.25, 0.3) is 11.0 Å². The Bertz CT molecular complexity index is 979. The number of fused-ring (bicyclic) bond motifs is 1. The van der Waals surface area contributed by atoms with Gasteiger partial charge in [-0.25, -0.2) is 9.37 Å². The zero-order chi connectivity index (χ0) is 18.0. The van der Waals surface area contributed by atoms with Gasteiger partial charge in [-0.05, 0) is 13.0 Å². The van der Waals surface area contributed by atoms with Gasteiger partial charge in [-0.2, -0.15) is 5.10 Å². The highest BCUT2D eigenvalue weighted by atomic mass is 19.1. The first-order chi connectivity index (χ1) is 12.0. The van der Waals surface area contributed by atoms with E-state index in [9.17, 15) is 14.0 Å². The van der Waals surface area contributed by atoms with E-state index in [1.54, 1.807) is 32.2 Å². The summed E-state index contributed by atoms with van der Waals surface area (Å²) in [6, 6.07) is 5.85. The van der Waals surface area contributed by atoms with Crippen LogP contribution in [0.5, 0.6) is 0 Å². The molecule has 25 heavy (non-hydrogen) atoms. The first kappa shape index (κ1) is 16.8. The molecule has 0 radical (unpaired) electrons. The van der Waals surface area contributed by atoms with Crippen molar-refractivity contribution in [2.45, 2.75) is 25.9 Å². The minimum Gasteiger partial charge on any atom is -0.349 e. The van der Waals surface area contributed by atoms with E-state index >= 15 is 0 Å². The molecule has 1 atom stereocenters. The first-order valence-electron chi connectivity index (χ1n) is 7.88. The van der Waals surface area contributed by atoms with Gasteiger partial charge in [-0.3, -0.25) is 18.8 Å². The minimum atomic E-state index is -0.454. The summed E-state index contributed by atoms with van der Waals surface area (Å²) in [6.07, 6.45) is 2.95. The molecule has 0 unspecified atom stereocenters. The Morgan fingerprint density at radius 3 is 2.88 bits per heavy atom. The Kier molecular flexibility index (Phi) is 4.60. The maximum absolute atomic E-state index is 13.7. The van der Waals surface area contributed by atoms with E-state index in [1.807, 2.05) is 0 Å². The number of amides is 1. The first-order valence-corrected chi connectivity index (χ1v) is 7.88. The Hall–Kier alpha value is -3.03. The molecule has 2 heterocycles. The van der Waals surface area contributed by atoms with Gasteiger partial charge in [0, 0.05) is 25.6 Å². The summed E-state index contributed by atoms with van der Waals surface area (Å²) in [4.78, 5) is 28.6. The number of halogens is 1. The van der Waals surface area contributed by atoms with Crippen molar-refractivity contribution in [2.75, 3.05) is 0 Å². The fourth-order valence-corrected chi connectivity index (χ4v) is 2.67. The largest absolute Gasteiger partial charge is 0.349 e. The number of nitrogens with one attached hydrogen (secondary N) is 1. The third kappa shape index (κ3) is 3.42.